The Bertz CT molecular complexity index is 910. The highest BCUT2D eigenvalue weighted by atomic mass is 16.5. The predicted octanol–water partition coefficient (Wildman–Crippen LogP) is 3.36. The number of anilines is 1. The van der Waals surface area contributed by atoms with Gasteiger partial charge in [0.05, 0.1) is 18.4 Å². The highest BCUT2D eigenvalue weighted by molar-refractivity contribution is 6.08. The molecule has 0 radical (unpaired) electrons. The van der Waals surface area contributed by atoms with Crippen LogP contribution in [0.5, 0.6) is 5.75 Å². The Balaban J connectivity index is 1.62. The molecule has 0 unspecified atom stereocenters. The minimum atomic E-state index is -0.654. The van der Waals surface area contributed by atoms with E-state index in [0.29, 0.717) is 36.0 Å². The molecule has 1 heterocycles. The summed E-state index contributed by atoms with van der Waals surface area (Å²) >= 11 is 0. The van der Waals surface area contributed by atoms with Gasteiger partial charge in [-0.1, -0.05) is 19.1 Å². The second kappa shape index (κ2) is 9.91. The quantitative estimate of drug-likeness (QED) is 0.738. The molecule has 1 saturated heterocycles. The maximum atomic E-state index is 12.6. The van der Waals surface area contributed by atoms with Crippen LogP contribution in [-0.2, 0) is 9.53 Å². The summed E-state index contributed by atoms with van der Waals surface area (Å²) in [6.45, 7) is 3.17. The van der Waals surface area contributed by atoms with Crippen molar-refractivity contribution in [2.45, 2.75) is 19.8 Å². The fourth-order valence-corrected chi connectivity index (χ4v) is 3.42. The first-order valence-corrected chi connectivity index (χ1v) is 9.97. The van der Waals surface area contributed by atoms with Gasteiger partial charge >= 0.3 is 5.97 Å². The Kier molecular flexibility index (Phi) is 7.06. The van der Waals surface area contributed by atoms with Gasteiger partial charge in [-0.2, -0.15) is 0 Å². The van der Waals surface area contributed by atoms with Crippen molar-refractivity contribution in [1.29, 1.82) is 0 Å². The van der Waals surface area contributed by atoms with E-state index in [1.165, 1.54) is 0 Å². The fraction of sp³-hybridized carbons (Fsp3) is 0.348. The summed E-state index contributed by atoms with van der Waals surface area (Å²) in [5.74, 6) is -0.124. The highest BCUT2D eigenvalue weighted by Gasteiger charge is 2.23. The van der Waals surface area contributed by atoms with E-state index in [2.05, 4.69) is 12.2 Å². The van der Waals surface area contributed by atoms with Crippen LogP contribution in [0.1, 0.15) is 40.5 Å². The number of para-hydroxylation sites is 1. The average Bonchev–Trinajstić information content (AvgIpc) is 2.77. The zero-order valence-electron chi connectivity index (χ0n) is 17.2. The van der Waals surface area contributed by atoms with E-state index in [1.54, 1.807) is 60.5 Å². The van der Waals surface area contributed by atoms with Gasteiger partial charge in [0.15, 0.2) is 6.61 Å². The number of carbonyl (C=O) groups excluding carboxylic acids is 3. The summed E-state index contributed by atoms with van der Waals surface area (Å²) in [4.78, 5) is 39.2. The molecule has 1 atom stereocenters. The number of amides is 2. The van der Waals surface area contributed by atoms with Crippen LogP contribution in [0.25, 0.3) is 0 Å². The summed E-state index contributed by atoms with van der Waals surface area (Å²) in [7, 11) is 1.55. The molecule has 1 aliphatic rings. The standard InChI is InChI=1S/C23H26N2O5/c1-16-6-5-13-25(14-16)21(26)15-30-23(28)19-7-3-4-8-20(19)24-22(27)17-9-11-18(29-2)12-10-17/h3-4,7-12,16H,5-6,13-15H2,1-2H3,(H,24,27)/t16-/m1/s1. The summed E-state index contributed by atoms with van der Waals surface area (Å²) < 4.78 is 10.3. The molecule has 158 valence electrons. The van der Waals surface area contributed by atoms with E-state index >= 15 is 0 Å². The molecule has 0 spiro atoms. The summed E-state index contributed by atoms with van der Waals surface area (Å²) in [5, 5.41) is 2.73. The molecule has 7 heteroatoms. The fourth-order valence-electron chi connectivity index (χ4n) is 3.42. The molecule has 0 saturated carbocycles. The van der Waals surface area contributed by atoms with Crippen LogP contribution in [0, 0.1) is 5.92 Å². The first-order chi connectivity index (χ1) is 14.5. The van der Waals surface area contributed by atoms with Crippen molar-refractivity contribution >= 4 is 23.5 Å². The third-order valence-electron chi connectivity index (χ3n) is 5.08. The number of piperidine rings is 1. The minimum Gasteiger partial charge on any atom is -0.497 e. The normalized spacial score (nSPS) is 15.9. The molecule has 0 aliphatic carbocycles. The lowest BCUT2D eigenvalue weighted by Gasteiger charge is -2.30. The van der Waals surface area contributed by atoms with Crippen molar-refractivity contribution in [3.05, 3.63) is 59.7 Å². The van der Waals surface area contributed by atoms with E-state index in [0.717, 1.165) is 12.8 Å². The van der Waals surface area contributed by atoms with Gasteiger partial charge in [-0.05, 0) is 55.2 Å². The number of nitrogens with one attached hydrogen (secondary N) is 1. The summed E-state index contributed by atoms with van der Waals surface area (Å²) in [6, 6.07) is 13.2. The Morgan fingerprint density at radius 3 is 2.53 bits per heavy atom. The van der Waals surface area contributed by atoms with Crippen molar-refractivity contribution in [2.24, 2.45) is 5.92 Å². The third-order valence-corrected chi connectivity index (χ3v) is 5.08. The number of hydrogen-bond donors (Lipinski definition) is 1. The van der Waals surface area contributed by atoms with Gasteiger partial charge in [0, 0.05) is 18.7 Å². The van der Waals surface area contributed by atoms with Gasteiger partial charge in [-0.3, -0.25) is 9.59 Å². The second-order valence-corrected chi connectivity index (χ2v) is 7.39. The molecule has 1 aliphatic heterocycles. The first kappa shape index (κ1) is 21.4. The number of methoxy groups -OCH3 is 1. The number of likely N-dealkylation sites (tertiary alicyclic amines) is 1. The summed E-state index contributed by atoms with van der Waals surface area (Å²) in [6.07, 6.45) is 2.06. The topological polar surface area (TPSA) is 84.9 Å². The lowest BCUT2D eigenvalue weighted by atomic mass is 10.0. The number of rotatable bonds is 6. The molecule has 3 rings (SSSR count). The molecular weight excluding hydrogens is 384 g/mol. The Labute approximate surface area is 176 Å². The molecule has 2 aromatic rings. The molecule has 30 heavy (non-hydrogen) atoms. The third kappa shape index (κ3) is 5.37. The summed E-state index contributed by atoms with van der Waals surface area (Å²) in [5.41, 5.74) is 0.940. The first-order valence-electron chi connectivity index (χ1n) is 9.97. The Hall–Kier alpha value is -3.35. The smallest absolute Gasteiger partial charge is 0.340 e. The van der Waals surface area contributed by atoms with Crippen molar-refractivity contribution < 1.29 is 23.9 Å². The van der Waals surface area contributed by atoms with Crippen molar-refractivity contribution in [3.63, 3.8) is 0 Å². The molecule has 1 fully saturated rings. The lowest BCUT2D eigenvalue weighted by molar-refractivity contribution is -0.136. The maximum Gasteiger partial charge on any atom is 0.340 e. The monoisotopic (exact) mass is 410 g/mol. The zero-order chi connectivity index (χ0) is 21.5. The Morgan fingerprint density at radius 2 is 1.83 bits per heavy atom. The predicted molar refractivity (Wildman–Crippen MR) is 113 cm³/mol. The number of esters is 1. The average molecular weight is 410 g/mol. The number of carbonyl (C=O) groups is 3. The minimum absolute atomic E-state index is 0.194. The van der Waals surface area contributed by atoms with Crippen molar-refractivity contribution in [1.82, 2.24) is 4.90 Å². The molecule has 7 nitrogen and oxygen atoms in total. The maximum absolute atomic E-state index is 12.6. The van der Waals surface area contributed by atoms with Gasteiger partial charge in [-0.15, -0.1) is 0 Å². The van der Waals surface area contributed by atoms with Gasteiger partial charge < -0.3 is 19.7 Å². The van der Waals surface area contributed by atoms with E-state index in [-0.39, 0.29) is 24.0 Å². The SMILES string of the molecule is COc1ccc(C(=O)Nc2ccccc2C(=O)OCC(=O)N2CCC[C@@H](C)C2)cc1. The van der Waals surface area contributed by atoms with Crippen LogP contribution in [0.15, 0.2) is 48.5 Å². The molecule has 2 aromatic carbocycles. The van der Waals surface area contributed by atoms with Gasteiger partial charge in [-0.25, -0.2) is 4.79 Å². The number of ether oxygens (including phenoxy) is 2. The molecule has 2 amide bonds. The number of benzene rings is 2. The van der Waals surface area contributed by atoms with Gasteiger partial charge in [0.2, 0.25) is 0 Å². The van der Waals surface area contributed by atoms with Gasteiger partial charge in [0.1, 0.15) is 5.75 Å². The van der Waals surface area contributed by atoms with Crippen LogP contribution in [-0.4, -0.2) is 49.5 Å². The van der Waals surface area contributed by atoms with Crippen LogP contribution in [0.3, 0.4) is 0 Å². The van der Waals surface area contributed by atoms with Crippen LogP contribution >= 0.6 is 0 Å². The van der Waals surface area contributed by atoms with Crippen LogP contribution in [0.2, 0.25) is 0 Å². The van der Waals surface area contributed by atoms with Crippen molar-refractivity contribution in [2.75, 3.05) is 32.1 Å². The molecule has 0 aromatic heterocycles. The van der Waals surface area contributed by atoms with E-state index in [4.69, 9.17) is 9.47 Å². The van der Waals surface area contributed by atoms with Crippen molar-refractivity contribution in [3.8, 4) is 5.75 Å². The second-order valence-electron chi connectivity index (χ2n) is 7.39. The number of nitrogens with zero attached hydrogens (tertiary/aromatic N) is 1. The van der Waals surface area contributed by atoms with Gasteiger partial charge in [0.25, 0.3) is 11.8 Å². The lowest BCUT2D eigenvalue weighted by Crippen LogP contribution is -2.41. The molecule has 0 bridgehead atoms. The van der Waals surface area contributed by atoms with Crippen LogP contribution < -0.4 is 10.1 Å². The Morgan fingerprint density at radius 1 is 1.10 bits per heavy atom. The largest absolute Gasteiger partial charge is 0.497 e. The molecular formula is C23H26N2O5. The zero-order valence-corrected chi connectivity index (χ0v) is 17.2. The number of hydrogen-bond acceptors (Lipinski definition) is 5. The molecule has 1 N–H and O–H groups in total. The highest BCUT2D eigenvalue weighted by Crippen LogP contribution is 2.19. The van der Waals surface area contributed by atoms with Crippen LogP contribution in [0.4, 0.5) is 5.69 Å². The van der Waals surface area contributed by atoms with E-state index in [9.17, 15) is 14.4 Å². The van der Waals surface area contributed by atoms with E-state index in [1.807, 2.05) is 0 Å². The van der Waals surface area contributed by atoms with E-state index < -0.39 is 5.97 Å².